The van der Waals surface area contributed by atoms with Crippen LogP contribution in [0.2, 0.25) is 5.04 Å². The summed E-state index contributed by atoms with van der Waals surface area (Å²) in [5.41, 5.74) is 0. The number of hydrogen-bond acceptors (Lipinski definition) is 3. The zero-order chi connectivity index (χ0) is 34.8. The summed E-state index contributed by atoms with van der Waals surface area (Å²) in [7, 11) is -5.54. The fourth-order valence-electron chi connectivity index (χ4n) is 4.09. The quantitative estimate of drug-likeness (QED) is 0.0766. The van der Waals surface area contributed by atoms with Crippen molar-refractivity contribution < 1.29 is 87.9 Å². The van der Waals surface area contributed by atoms with E-state index in [0.717, 1.165) is 20.8 Å². The van der Waals surface area contributed by atoms with Crippen LogP contribution in [0.3, 0.4) is 0 Å². The first kappa shape index (κ1) is 41.9. The van der Waals surface area contributed by atoms with E-state index >= 15 is 17.6 Å². The molecule has 0 aliphatic heterocycles. The molecular formula is C22H31F17O3Si. The predicted octanol–water partition coefficient (Wildman–Crippen LogP) is 9.77. The van der Waals surface area contributed by atoms with Gasteiger partial charge in [-0.1, -0.05) is 32.6 Å². The molecule has 0 aromatic rings. The molecule has 21 heteroatoms. The number of halogens is 17. The second-order valence-corrected chi connectivity index (χ2v) is 12.6. The second kappa shape index (κ2) is 13.3. The van der Waals surface area contributed by atoms with Crippen LogP contribution in [0, 0.1) is 0 Å². The lowest BCUT2D eigenvalue weighted by Crippen LogP contribution is -2.76. The highest BCUT2D eigenvalue weighted by Crippen LogP contribution is 2.69. The molecule has 0 saturated carbocycles. The summed E-state index contributed by atoms with van der Waals surface area (Å²) < 4.78 is 254. The van der Waals surface area contributed by atoms with Gasteiger partial charge in [-0.3, -0.25) is 0 Å². The Bertz CT molecular complexity index is 878. The number of unbranched alkanes of at least 4 members (excludes halogenated alkanes) is 3. The topological polar surface area (TPSA) is 27.7 Å². The summed E-state index contributed by atoms with van der Waals surface area (Å²) in [6.45, 7) is 2.64. The minimum Gasteiger partial charge on any atom is -0.373 e. The van der Waals surface area contributed by atoms with Gasteiger partial charge in [-0.05, 0) is 34.1 Å². The fraction of sp³-hybridized carbons (Fsp3) is 1.00. The molecule has 0 radical (unpaired) electrons. The number of alkyl halides is 17. The van der Waals surface area contributed by atoms with Crippen molar-refractivity contribution in [1.82, 2.24) is 0 Å². The lowest BCUT2D eigenvalue weighted by atomic mass is 9.83. The van der Waals surface area contributed by atoms with E-state index in [2.05, 4.69) is 0 Å². The third kappa shape index (κ3) is 6.33. The van der Waals surface area contributed by atoms with Crippen LogP contribution in [0.25, 0.3) is 0 Å². The first-order chi connectivity index (χ1) is 19.0. The number of hydrogen-bond donors (Lipinski definition) is 0. The van der Waals surface area contributed by atoms with Gasteiger partial charge in [0.15, 0.2) is 0 Å². The van der Waals surface area contributed by atoms with Crippen LogP contribution in [0.1, 0.15) is 66.7 Å². The molecule has 0 amide bonds. The van der Waals surface area contributed by atoms with Gasteiger partial charge in [-0.25, -0.2) is 0 Å². The summed E-state index contributed by atoms with van der Waals surface area (Å²) in [6, 6.07) is 0. The smallest absolute Gasteiger partial charge is 0.373 e. The number of rotatable bonds is 19. The zero-order valence-corrected chi connectivity index (χ0v) is 24.3. The molecule has 0 rings (SSSR count). The van der Waals surface area contributed by atoms with Gasteiger partial charge in [-0.2, -0.15) is 74.6 Å². The average molecular weight is 695 g/mol. The SMILES string of the molecule is CCCCCCC(C)(C(F)(F)C(F)(F)C(F)(F)C(F)(F)C(F)(F)C(F)(F)C(F)(F)C(F)(F)F)[Si](OCC)(OCC)OCC. The van der Waals surface area contributed by atoms with E-state index in [1.165, 1.54) is 0 Å². The third-order valence-corrected chi connectivity index (χ3v) is 10.5. The van der Waals surface area contributed by atoms with Crippen LogP contribution in [-0.4, -0.2) is 76.3 Å². The minimum absolute atomic E-state index is 0.0544. The Morgan fingerprint density at radius 3 is 1.00 bits per heavy atom. The molecule has 0 aromatic carbocycles. The van der Waals surface area contributed by atoms with E-state index in [1.807, 2.05) is 0 Å². The Kier molecular flexibility index (Phi) is 13.0. The summed E-state index contributed by atoms with van der Waals surface area (Å²) in [4.78, 5) is 0. The molecule has 0 bridgehead atoms. The molecule has 1 unspecified atom stereocenters. The highest BCUT2D eigenvalue weighted by molar-refractivity contribution is 6.64. The molecule has 0 aliphatic carbocycles. The normalized spacial score (nSPS) is 16.9. The van der Waals surface area contributed by atoms with Gasteiger partial charge in [0, 0.05) is 19.8 Å². The highest BCUT2D eigenvalue weighted by atomic mass is 28.4. The van der Waals surface area contributed by atoms with E-state index in [0.29, 0.717) is 6.42 Å². The summed E-state index contributed by atoms with van der Waals surface area (Å²) >= 11 is 0. The Labute approximate surface area is 236 Å². The Balaban J connectivity index is 7.56. The second-order valence-electron chi connectivity index (χ2n) is 9.52. The van der Waals surface area contributed by atoms with Crippen molar-refractivity contribution in [2.75, 3.05) is 19.8 Å². The first-order valence-electron chi connectivity index (χ1n) is 12.6. The van der Waals surface area contributed by atoms with Crippen LogP contribution in [-0.2, 0) is 13.3 Å². The minimum atomic E-state index is -8.70. The molecule has 43 heavy (non-hydrogen) atoms. The summed E-state index contributed by atoms with van der Waals surface area (Å²) in [5.74, 6) is -57.2. The van der Waals surface area contributed by atoms with Crippen molar-refractivity contribution in [3.63, 3.8) is 0 Å². The van der Waals surface area contributed by atoms with Gasteiger partial charge in [0.2, 0.25) is 0 Å². The average Bonchev–Trinajstić information content (AvgIpc) is 2.85. The molecule has 0 heterocycles. The van der Waals surface area contributed by atoms with Crippen molar-refractivity contribution in [3.05, 3.63) is 0 Å². The van der Waals surface area contributed by atoms with Crippen LogP contribution >= 0.6 is 0 Å². The largest absolute Gasteiger partial charge is 0.513 e. The van der Waals surface area contributed by atoms with E-state index < -0.39 is 94.1 Å². The van der Waals surface area contributed by atoms with E-state index in [4.69, 9.17) is 13.3 Å². The monoisotopic (exact) mass is 694 g/mol. The molecule has 0 aromatic heterocycles. The lowest BCUT2D eigenvalue weighted by Gasteiger charge is -2.51. The van der Waals surface area contributed by atoms with Gasteiger partial charge in [0.05, 0.1) is 0 Å². The van der Waals surface area contributed by atoms with Crippen LogP contribution in [0.15, 0.2) is 0 Å². The third-order valence-electron chi connectivity index (χ3n) is 6.62. The van der Waals surface area contributed by atoms with Crippen molar-refractivity contribution in [3.8, 4) is 0 Å². The maximum Gasteiger partial charge on any atom is 0.513 e. The lowest BCUT2D eigenvalue weighted by molar-refractivity contribution is -0.463. The maximum atomic E-state index is 15.8. The van der Waals surface area contributed by atoms with Crippen LogP contribution < -0.4 is 0 Å². The van der Waals surface area contributed by atoms with E-state index in [-0.39, 0.29) is 19.8 Å². The maximum absolute atomic E-state index is 15.8. The van der Waals surface area contributed by atoms with Gasteiger partial charge < -0.3 is 13.3 Å². The van der Waals surface area contributed by atoms with Crippen molar-refractivity contribution in [2.45, 2.75) is 119 Å². The highest BCUT2D eigenvalue weighted by Gasteiger charge is 2.96. The first-order valence-corrected chi connectivity index (χ1v) is 14.3. The predicted molar refractivity (Wildman–Crippen MR) is 118 cm³/mol. The van der Waals surface area contributed by atoms with Gasteiger partial charge >= 0.3 is 56.4 Å². The Morgan fingerprint density at radius 1 is 0.419 bits per heavy atom. The summed E-state index contributed by atoms with van der Waals surface area (Å²) in [5, 5.41) is -3.94. The molecular weight excluding hydrogens is 663 g/mol. The molecule has 0 N–H and O–H groups in total. The van der Waals surface area contributed by atoms with Crippen molar-refractivity contribution in [2.24, 2.45) is 0 Å². The fourth-order valence-corrected chi connectivity index (χ4v) is 7.46. The molecule has 260 valence electrons. The van der Waals surface area contributed by atoms with E-state index in [1.54, 1.807) is 6.92 Å². The molecule has 0 aliphatic rings. The van der Waals surface area contributed by atoms with E-state index in [9.17, 15) is 57.1 Å². The Morgan fingerprint density at radius 2 is 0.721 bits per heavy atom. The van der Waals surface area contributed by atoms with Crippen molar-refractivity contribution in [1.29, 1.82) is 0 Å². The molecule has 0 fully saturated rings. The van der Waals surface area contributed by atoms with Crippen molar-refractivity contribution >= 4 is 8.80 Å². The Hall–Kier alpha value is -1.09. The van der Waals surface area contributed by atoms with Gasteiger partial charge in [0.25, 0.3) is 0 Å². The van der Waals surface area contributed by atoms with Gasteiger partial charge in [-0.15, -0.1) is 0 Å². The standard InChI is InChI=1S/C22H31F17O3Si/c1-6-10-11-12-13-14(5,43(40-7-2,41-8-3)42-9-4)15(23,24)16(25,26)17(27,28)18(29,30)19(31,32)20(33,34)21(35,36)22(37,38)39/h6-13H2,1-5H3. The zero-order valence-electron chi connectivity index (χ0n) is 23.3. The molecule has 1 atom stereocenters. The molecule has 0 saturated heterocycles. The molecule has 3 nitrogen and oxygen atoms in total. The summed E-state index contributed by atoms with van der Waals surface area (Å²) in [6.07, 6.45) is -9.26. The van der Waals surface area contributed by atoms with Gasteiger partial charge in [0.1, 0.15) is 5.04 Å². The van der Waals surface area contributed by atoms with Crippen LogP contribution in [0.5, 0.6) is 0 Å². The van der Waals surface area contributed by atoms with Crippen LogP contribution in [0.4, 0.5) is 74.6 Å². The molecule has 0 spiro atoms.